The van der Waals surface area contributed by atoms with Crippen LogP contribution in [0.5, 0.6) is 11.8 Å². The van der Waals surface area contributed by atoms with Crippen LogP contribution in [-0.4, -0.2) is 32.7 Å². The molecule has 0 spiro atoms. The number of ketones is 2. The molecule has 7 heteroatoms. The summed E-state index contributed by atoms with van der Waals surface area (Å²) in [7, 11) is 0. The first-order chi connectivity index (χ1) is 13.6. The molecule has 1 aliphatic rings. The molecule has 0 aliphatic carbocycles. The number of hydrogen-bond donors (Lipinski definition) is 0. The van der Waals surface area contributed by atoms with Crippen LogP contribution >= 0.6 is 0 Å². The molecule has 2 heterocycles. The topological polar surface area (TPSA) is 102 Å². The third kappa shape index (κ3) is 3.89. The summed E-state index contributed by atoms with van der Waals surface area (Å²) in [6.07, 6.45) is 2.08. The summed E-state index contributed by atoms with van der Waals surface area (Å²) >= 11 is 0. The van der Waals surface area contributed by atoms with Crippen LogP contribution in [0, 0.1) is 11.3 Å². The molecule has 1 aromatic carbocycles. The second-order valence-corrected chi connectivity index (χ2v) is 7.94. The number of benzene rings is 1. The molecule has 0 bridgehead atoms. The third-order valence-electron chi connectivity index (χ3n) is 4.99. The lowest BCUT2D eigenvalue weighted by molar-refractivity contribution is -0.184. The van der Waals surface area contributed by atoms with Gasteiger partial charge < -0.3 is 9.47 Å². The van der Waals surface area contributed by atoms with Crippen molar-refractivity contribution >= 4 is 11.6 Å². The van der Waals surface area contributed by atoms with Gasteiger partial charge in [-0.2, -0.15) is 10.2 Å². The molecule has 150 valence electrons. The van der Waals surface area contributed by atoms with Crippen LogP contribution < -0.4 is 4.74 Å². The van der Waals surface area contributed by atoms with Crippen LogP contribution in [0.4, 0.5) is 0 Å². The Morgan fingerprint density at radius 1 is 1.14 bits per heavy atom. The highest BCUT2D eigenvalue weighted by molar-refractivity contribution is 6.15. The van der Waals surface area contributed by atoms with Crippen molar-refractivity contribution in [2.24, 2.45) is 0 Å². The average molecular weight is 393 g/mol. The minimum atomic E-state index is -1.09. The fraction of sp³-hybridized carbons (Fsp3) is 0.409. The van der Waals surface area contributed by atoms with Gasteiger partial charge >= 0.3 is 6.01 Å². The quantitative estimate of drug-likeness (QED) is 0.732. The van der Waals surface area contributed by atoms with E-state index in [4.69, 9.17) is 14.7 Å². The summed E-state index contributed by atoms with van der Waals surface area (Å²) < 4.78 is 11.5. The Bertz CT molecular complexity index is 995. The van der Waals surface area contributed by atoms with Gasteiger partial charge in [-0.1, -0.05) is 13.0 Å². The molecule has 0 atom stereocenters. The van der Waals surface area contributed by atoms with Gasteiger partial charge in [-0.25, -0.2) is 4.98 Å². The maximum Gasteiger partial charge on any atom is 0.323 e. The first kappa shape index (κ1) is 20.6. The Morgan fingerprint density at radius 2 is 1.79 bits per heavy atom. The molecule has 1 fully saturated rings. The van der Waals surface area contributed by atoms with Crippen molar-refractivity contribution in [2.45, 2.75) is 58.2 Å². The monoisotopic (exact) mass is 393 g/mol. The molecule has 1 aliphatic heterocycles. The number of carbonyl (C=O) groups is 2. The number of aryl methyl sites for hydroxylation is 1. The summed E-state index contributed by atoms with van der Waals surface area (Å²) in [5.41, 5.74) is -0.522. The van der Waals surface area contributed by atoms with E-state index in [1.807, 2.05) is 19.1 Å². The lowest BCUT2D eigenvalue weighted by Gasteiger charge is -2.43. The van der Waals surface area contributed by atoms with Crippen molar-refractivity contribution in [1.29, 1.82) is 5.26 Å². The van der Waals surface area contributed by atoms with E-state index in [1.165, 1.54) is 12.3 Å². The largest absolute Gasteiger partial charge is 0.424 e. The number of Topliss-reactive ketones (excluding diaryl/α,β-unsaturated/α-hetero) is 2. The molecule has 0 unspecified atom stereocenters. The summed E-state index contributed by atoms with van der Waals surface area (Å²) in [5.74, 6) is -1.12. The SMILES string of the molecule is CCc1ccc(Oc2nccc(C#N)n2)cc1C1C(=O)C(C)(C)OC(C)(C)C1=O. The molecular weight excluding hydrogens is 370 g/mol. The molecule has 1 aromatic heterocycles. The Balaban J connectivity index is 2.06. The average Bonchev–Trinajstić information content (AvgIpc) is 2.66. The fourth-order valence-corrected chi connectivity index (χ4v) is 3.62. The van der Waals surface area contributed by atoms with E-state index in [1.54, 1.807) is 39.8 Å². The van der Waals surface area contributed by atoms with Crippen molar-refractivity contribution in [1.82, 2.24) is 9.97 Å². The number of nitrogens with zero attached hydrogens (tertiary/aromatic N) is 3. The molecule has 0 N–H and O–H groups in total. The van der Waals surface area contributed by atoms with Crippen molar-refractivity contribution in [3.05, 3.63) is 47.3 Å². The van der Waals surface area contributed by atoms with E-state index in [9.17, 15) is 9.59 Å². The van der Waals surface area contributed by atoms with Gasteiger partial charge in [0.25, 0.3) is 0 Å². The van der Waals surface area contributed by atoms with E-state index >= 15 is 0 Å². The van der Waals surface area contributed by atoms with Gasteiger partial charge in [0, 0.05) is 6.20 Å². The zero-order valence-corrected chi connectivity index (χ0v) is 17.1. The van der Waals surface area contributed by atoms with Gasteiger partial charge in [0.15, 0.2) is 11.6 Å². The van der Waals surface area contributed by atoms with E-state index in [0.717, 1.165) is 5.56 Å². The highest BCUT2D eigenvalue weighted by atomic mass is 16.5. The van der Waals surface area contributed by atoms with Gasteiger partial charge in [-0.05, 0) is 63.4 Å². The van der Waals surface area contributed by atoms with Crippen LogP contribution in [0.3, 0.4) is 0 Å². The number of rotatable bonds is 4. The van der Waals surface area contributed by atoms with Crippen molar-refractivity contribution in [3.8, 4) is 17.8 Å². The van der Waals surface area contributed by atoms with Crippen LogP contribution in [0.2, 0.25) is 0 Å². The standard InChI is InChI=1S/C22H23N3O4/c1-6-13-7-8-15(28-20-24-10-9-14(12-23)25-20)11-16(13)17-18(26)21(2,3)29-22(4,5)19(17)27/h7-11,17H,6H2,1-5H3. The molecule has 0 amide bonds. The molecule has 7 nitrogen and oxygen atoms in total. The summed E-state index contributed by atoms with van der Waals surface area (Å²) in [5, 5.41) is 8.98. The predicted octanol–water partition coefficient (Wildman–Crippen LogP) is 3.51. The second-order valence-electron chi connectivity index (χ2n) is 7.94. The zero-order valence-electron chi connectivity index (χ0n) is 17.1. The first-order valence-corrected chi connectivity index (χ1v) is 9.41. The summed E-state index contributed by atoms with van der Waals surface area (Å²) in [6, 6.07) is 8.66. The first-order valence-electron chi connectivity index (χ1n) is 9.41. The Kier molecular flexibility index (Phi) is 5.24. The van der Waals surface area contributed by atoms with E-state index in [-0.39, 0.29) is 23.3 Å². The van der Waals surface area contributed by atoms with E-state index in [0.29, 0.717) is 17.7 Å². The second kappa shape index (κ2) is 7.37. The van der Waals surface area contributed by atoms with E-state index in [2.05, 4.69) is 9.97 Å². The maximum atomic E-state index is 13.1. The van der Waals surface area contributed by atoms with Crippen molar-refractivity contribution in [2.75, 3.05) is 0 Å². The Morgan fingerprint density at radius 3 is 2.38 bits per heavy atom. The number of nitriles is 1. The molecule has 2 aromatic rings. The number of aromatic nitrogens is 2. The van der Waals surface area contributed by atoms with Gasteiger partial charge in [-0.3, -0.25) is 9.59 Å². The molecule has 0 saturated carbocycles. The molecule has 1 saturated heterocycles. The molecule has 29 heavy (non-hydrogen) atoms. The number of carbonyl (C=O) groups excluding carboxylic acids is 2. The zero-order chi connectivity index (χ0) is 21.4. The van der Waals surface area contributed by atoms with Crippen LogP contribution in [-0.2, 0) is 20.7 Å². The number of hydrogen-bond acceptors (Lipinski definition) is 7. The van der Waals surface area contributed by atoms with Crippen molar-refractivity contribution in [3.63, 3.8) is 0 Å². The highest BCUT2D eigenvalue weighted by Gasteiger charge is 2.53. The normalized spacial score (nSPS) is 18.3. The highest BCUT2D eigenvalue weighted by Crippen LogP contribution is 2.40. The van der Waals surface area contributed by atoms with Gasteiger partial charge in [0.2, 0.25) is 0 Å². The van der Waals surface area contributed by atoms with Crippen LogP contribution in [0.1, 0.15) is 57.4 Å². The molecular formula is C22H23N3O4. The molecule has 0 radical (unpaired) electrons. The number of ether oxygens (including phenoxy) is 2. The van der Waals surface area contributed by atoms with Gasteiger partial charge in [0.05, 0.1) is 0 Å². The lowest BCUT2D eigenvalue weighted by atomic mass is 9.73. The Hall–Kier alpha value is -3.11. The van der Waals surface area contributed by atoms with Gasteiger partial charge in [0.1, 0.15) is 34.6 Å². The maximum absolute atomic E-state index is 13.1. The third-order valence-corrected chi connectivity index (χ3v) is 4.99. The van der Waals surface area contributed by atoms with Crippen LogP contribution in [0.25, 0.3) is 0 Å². The summed E-state index contributed by atoms with van der Waals surface area (Å²) in [4.78, 5) is 34.2. The van der Waals surface area contributed by atoms with Crippen LogP contribution in [0.15, 0.2) is 30.5 Å². The van der Waals surface area contributed by atoms with Gasteiger partial charge in [-0.15, -0.1) is 0 Å². The van der Waals surface area contributed by atoms with Crippen molar-refractivity contribution < 1.29 is 19.1 Å². The smallest absolute Gasteiger partial charge is 0.323 e. The fourth-order valence-electron chi connectivity index (χ4n) is 3.62. The minimum absolute atomic E-state index is 0.0181. The predicted molar refractivity (Wildman–Crippen MR) is 105 cm³/mol. The Labute approximate surface area is 169 Å². The molecule has 3 rings (SSSR count). The summed E-state index contributed by atoms with van der Waals surface area (Å²) in [6.45, 7) is 8.70. The lowest BCUT2D eigenvalue weighted by Crippen LogP contribution is -2.58. The van der Waals surface area contributed by atoms with E-state index < -0.39 is 17.1 Å². The minimum Gasteiger partial charge on any atom is -0.424 e.